The lowest BCUT2D eigenvalue weighted by Gasteiger charge is -2.17. The van der Waals surface area contributed by atoms with Crippen LogP contribution in [-0.2, 0) is 4.74 Å². The first-order valence-electron chi connectivity index (χ1n) is 7.62. The molecule has 0 unspecified atom stereocenters. The average molecular weight is 329 g/mol. The summed E-state index contributed by atoms with van der Waals surface area (Å²) in [5.41, 5.74) is 1.57. The fraction of sp³-hybridized carbons (Fsp3) is 0.294. The zero-order valence-corrected chi connectivity index (χ0v) is 12.9. The molecule has 3 heterocycles. The van der Waals surface area contributed by atoms with Crippen molar-refractivity contribution in [2.75, 3.05) is 0 Å². The molecule has 7 heteroatoms. The number of fused-ring (bicyclic) bond motifs is 1. The monoisotopic (exact) mass is 329 g/mol. The van der Waals surface area contributed by atoms with E-state index in [0.717, 1.165) is 5.56 Å². The maximum absolute atomic E-state index is 14.3. The quantitative estimate of drug-likeness (QED) is 0.750. The summed E-state index contributed by atoms with van der Waals surface area (Å²) in [6, 6.07) is 9.12. The fourth-order valence-electron chi connectivity index (χ4n) is 3.19. The minimum Gasteiger partial charge on any atom is -0.387 e. The molecule has 24 heavy (non-hydrogen) atoms. The molecule has 2 aromatic heterocycles. The van der Waals surface area contributed by atoms with E-state index in [2.05, 4.69) is 9.97 Å². The van der Waals surface area contributed by atoms with Gasteiger partial charge in [-0.15, -0.1) is 0 Å². The van der Waals surface area contributed by atoms with Crippen molar-refractivity contribution in [2.45, 2.75) is 31.5 Å². The Kier molecular flexibility index (Phi) is 3.56. The molecule has 124 valence electrons. The van der Waals surface area contributed by atoms with Gasteiger partial charge in [-0.3, -0.25) is 0 Å². The molecule has 0 saturated carbocycles. The molecule has 2 N–H and O–H groups in total. The SMILES string of the molecule is Cc1ncnc2c1c(F)cn2[C@@H]1O[C@@H](c2ccccc2)[C@@H](O)[C@H]1O. The molecule has 0 aliphatic carbocycles. The Morgan fingerprint density at radius 1 is 1.12 bits per heavy atom. The summed E-state index contributed by atoms with van der Waals surface area (Å²) < 4.78 is 21.5. The Hall–Kier alpha value is -2.35. The van der Waals surface area contributed by atoms with Crippen LogP contribution in [0.2, 0.25) is 0 Å². The van der Waals surface area contributed by atoms with Gasteiger partial charge >= 0.3 is 0 Å². The molecule has 3 aromatic rings. The Morgan fingerprint density at radius 3 is 2.62 bits per heavy atom. The molecule has 1 saturated heterocycles. The van der Waals surface area contributed by atoms with Gasteiger partial charge in [-0.2, -0.15) is 0 Å². The summed E-state index contributed by atoms with van der Waals surface area (Å²) in [4.78, 5) is 8.09. The number of hydrogen-bond acceptors (Lipinski definition) is 5. The van der Waals surface area contributed by atoms with Crippen LogP contribution in [0.1, 0.15) is 23.6 Å². The summed E-state index contributed by atoms with van der Waals surface area (Å²) in [6.07, 6.45) is -1.41. The van der Waals surface area contributed by atoms with Gasteiger partial charge < -0.3 is 19.5 Å². The van der Waals surface area contributed by atoms with Crippen LogP contribution < -0.4 is 0 Å². The third-order valence-corrected chi connectivity index (χ3v) is 4.39. The molecule has 1 aliphatic rings. The average Bonchev–Trinajstić information content (AvgIpc) is 3.07. The molecule has 0 spiro atoms. The Labute approximate surface area is 137 Å². The summed E-state index contributed by atoms with van der Waals surface area (Å²) >= 11 is 0. The van der Waals surface area contributed by atoms with E-state index < -0.39 is 30.4 Å². The van der Waals surface area contributed by atoms with Gasteiger partial charge in [0, 0.05) is 6.20 Å². The van der Waals surface area contributed by atoms with E-state index in [0.29, 0.717) is 11.3 Å². The van der Waals surface area contributed by atoms with E-state index in [1.54, 1.807) is 6.92 Å². The summed E-state index contributed by atoms with van der Waals surface area (Å²) in [5, 5.41) is 21.1. The number of aliphatic hydroxyl groups excluding tert-OH is 2. The van der Waals surface area contributed by atoms with E-state index in [9.17, 15) is 14.6 Å². The van der Waals surface area contributed by atoms with Crippen LogP contribution in [0.15, 0.2) is 42.9 Å². The molecule has 1 aliphatic heterocycles. The molecule has 4 atom stereocenters. The van der Waals surface area contributed by atoms with Gasteiger partial charge in [-0.25, -0.2) is 14.4 Å². The lowest BCUT2D eigenvalue weighted by Crippen LogP contribution is -2.29. The molecule has 1 fully saturated rings. The number of aromatic nitrogens is 3. The molecule has 0 amide bonds. The highest BCUT2D eigenvalue weighted by Gasteiger charge is 2.45. The van der Waals surface area contributed by atoms with E-state index >= 15 is 0 Å². The van der Waals surface area contributed by atoms with Crippen molar-refractivity contribution in [3.05, 3.63) is 59.9 Å². The maximum atomic E-state index is 14.3. The lowest BCUT2D eigenvalue weighted by atomic mass is 10.0. The van der Waals surface area contributed by atoms with Crippen LogP contribution in [0.25, 0.3) is 11.0 Å². The first-order chi connectivity index (χ1) is 11.6. The second-order valence-electron chi connectivity index (χ2n) is 5.88. The van der Waals surface area contributed by atoms with Gasteiger partial charge in [-0.1, -0.05) is 30.3 Å². The number of rotatable bonds is 2. The first kappa shape index (κ1) is 15.2. The second-order valence-corrected chi connectivity index (χ2v) is 5.88. The molecule has 0 radical (unpaired) electrons. The second kappa shape index (κ2) is 5.62. The van der Waals surface area contributed by atoms with Gasteiger partial charge in [0.05, 0.1) is 11.1 Å². The fourth-order valence-corrected chi connectivity index (χ4v) is 3.19. The van der Waals surface area contributed by atoms with Crippen LogP contribution in [0, 0.1) is 12.7 Å². The number of aryl methyl sites for hydroxylation is 1. The Morgan fingerprint density at radius 2 is 1.88 bits per heavy atom. The van der Waals surface area contributed by atoms with Crippen LogP contribution >= 0.6 is 0 Å². The van der Waals surface area contributed by atoms with Crippen molar-refractivity contribution in [3.63, 3.8) is 0 Å². The summed E-state index contributed by atoms with van der Waals surface area (Å²) in [6.45, 7) is 1.69. The topological polar surface area (TPSA) is 80.4 Å². The highest BCUT2D eigenvalue weighted by molar-refractivity contribution is 5.79. The van der Waals surface area contributed by atoms with E-state index in [1.165, 1.54) is 17.1 Å². The lowest BCUT2D eigenvalue weighted by molar-refractivity contribution is -0.0358. The molecule has 0 bridgehead atoms. The third kappa shape index (κ3) is 2.21. The smallest absolute Gasteiger partial charge is 0.164 e. The molecule has 4 rings (SSSR count). The molecule has 1 aromatic carbocycles. The Balaban J connectivity index is 1.77. The van der Waals surface area contributed by atoms with Gasteiger partial charge in [0.15, 0.2) is 12.0 Å². The van der Waals surface area contributed by atoms with Gasteiger partial charge in [-0.05, 0) is 12.5 Å². The van der Waals surface area contributed by atoms with Crippen molar-refractivity contribution in [2.24, 2.45) is 0 Å². The maximum Gasteiger partial charge on any atom is 0.164 e. The number of ether oxygens (including phenoxy) is 1. The van der Waals surface area contributed by atoms with Crippen molar-refractivity contribution < 1.29 is 19.3 Å². The van der Waals surface area contributed by atoms with Crippen molar-refractivity contribution in [1.29, 1.82) is 0 Å². The largest absolute Gasteiger partial charge is 0.387 e. The highest BCUT2D eigenvalue weighted by atomic mass is 19.1. The van der Waals surface area contributed by atoms with Gasteiger partial charge in [0.25, 0.3) is 0 Å². The minimum atomic E-state index is -1.21. The number of benzene rings is 1. The predicted octanol–water partition coefficient (Wildman–Crippen LogP) is 1.87. The number of halogens is 1. The van der Waals surface area contributed by atoms with Crippen LogP contribution in [-0.4, -0.2) is 37.0 Å². The minimum absolute atomic E-state index is 0.283. The van der Waals surface area contributed by atoms with E-state index in [1.807, 2.05) is 30.3 Å². The predicted molar refractivity (Wildman–Crippen MR) is 83.5 cm³/mol. The summed E-state index contributed by atoms with van der Waals surface area (Å²) in [5.74, 6) is -0.489. The zero-order valence-electron chi connectivity index (χ0n) is 12.9. The number of nitrogens with zero attached hydrogens (tertiary/aromatic N) is 3. The molecular weight excluding hydrogens is 313 g/mol. The van der Waals surface area contributed by atoms with Crippen molar-refractivity contribution in [3.8, 4) is 0 Å². The number of aliphatic hydroxyl groups is 2. The highest BCUT2D eigenvalue weighted by Crippen LogP contribution is 2.40. The van der Waals surface area contributed by atoms with Crippen LogP contribution in [0.5, 0.6) is 0 Å². The van der Waals surface area contributed by atoms with Gasteiger partial charge in [0.1, 0.15) is 30.3 Å². The Bertz CT molecular complexity index is 883. The van der Waals surface area contributed by atoms with Crippen molar-refractivity contribution in [1.82, 2.24) is 14.5 Å². The third-order valence-electron chi connectivity index (χ3n) is 4.39. The first-order valence-corrected chi connectivity index (χ1v) is 7.62. The zero-order chi connectivity index (χ0) is 16.8. The number of hydrogen-bond donors (Lipinski definition) is 2. The standard InChI is InChI=1S/C17H16FN3O3/c1-9-12-11(18)7-21(16(12)20-8-19-9)17-14(23)13(22)15(24-17)10-5-3-2-4-6-10/h2-8,13-15,17,22-23H,1H3/t13-,14+,15-,17+/m0/s1. The van der Waals surface area contributed by atoms with E-state index in [-0.39, 0.29) is 5.39 Å². The summed E-state index contributed by atoms with van der Waals surface area (Å²) in [7, 11) is 0. The molecular formula is C17H16FN3O3. The van der Waals surface area contributed by atoms with Crippen LogP contribution in [0.3, 0.4) is 0 Å². The van der Waals surface area contributed by atoms with Crippen LogP contribution in [0.4, 0.5) is 4.39 Å². The van der Waals surface area contributed by atoms with E-state index in [4.69, 9.17) is 4.74 Å². The van der Waals surface area contributed by atoms with Gasteiger partial charge in [0.2, 0.25) is 0 Å². The normalized spacial score (nSPS) is 27.0. The van der Waals surface area contributed by atoms with Crippen molar-refractivity contribution >= 4 is 11.0 Å². The molecule has 6 nitrogen and oxygen atoms in total.